The van der Waals surface area contributed by atoms with Crippen molar-refractivity contribution < 1.29 is 9.53 Å². The highest BCUT2D eigenvalue weighted by Crippen LogP contribution is 2.29. The van der Waals surface area contributed by atoms with Crippen molar-refractivity contribution in [1.29, 1.82) is 0 Å². The van der Waals surface area contributed by atoms with Crippen LogP contribution in [0.4, 0.5) is 0 Å². The number of methoxy groups -OCH3 is 1. The molecule has 0 saturated heterocycles. The molecule has 0 atom stereocenters. The number of hydrogen-bond acceptors (Lipinski definition) is 2. The summed E-state index contributed by atoms with van der Waals surface area (Å²) in [6, 6.07) is 14.5. The number of carbonyl (C=O) groups is 1. The van der Waals surface area contributed by atoms with Gasteiger partial charge >= 0.3 is 0 Å². The van der Waals surface area contributed by atoms with Gasteiger partial charge in [-0.1, -0.05) is 31.2 Å². The predicted octanol–water partition coefficient (Wildman–Crippen LogP) is 3.61. The van der Waals surface area contributed by atoms with Crippen LogP contribution in [-0.4, -0.2) is 17.9 Å². The zero-order valence-corrected chi connectivity index (χ0v) is 12.4. The minimum atomic E-state index is 0.220. The molecule has 3 nitrogen and oxygen atoms in total. The summed E-state index contributed by atoms with van der Waals surface area (Å²) in [6.45, 7) is 3.38. The maximum absolute atomic E-state index is 11.8. The van der Waals surface area contributed by atoms with Crippen LogP contribution in [0.3, 0.4) is 0 Å². The van der Waals surface area contributed by atoms with Crippen LogP contribution in [0.1, 0.15) is 24.5 Å². The summed E-state index contributed by atoms with van der Waals surface area (Å²) in [5.74, 6) is 1.08. The molecule has 0 fully saturated rings. The highest BCUT2D eigenvalue weighted by molar-refractivity contribution is 5.77. The van der Waals surface area contributed by atoms with E-state index in [2.05, 4.69) is 30.3 Å². The molecule has 1 aliphatic rings. The van der Waals surface area contributed by atoms with Crippen LogP contribution in [0.15, 0.2) is 42.5 Å². The molecule has 3 rings (SSSR count). The van der Waals surface area contributed by atoms with Crippen LogP contribution < -0.4 is 4.74 Å². The maximum Gasteiger partial charge on any atom is 0.222 e. The summed E-state index contributed by atoms with van der Waals surface area (Å²) in [6.07, 6.45) is 0.569. The van der Waals surface area contributed by atoms with Gasteiger partial charge in [0, 0.05) is 19.5 Å². The number of nitrogens with zero attached hydrogens (tertiary/aromatic N) is 1. The van der Waals surface area contributed by atoms with Crippen molar-refractivity contribution in [3.8, 4) is 16.9 Å². The molecule has 2 aromatic carbocycles. The van der Waals surface area contributed by atoms with E-state index in [1.54, 1.807) is 7.11 Å². The van der Waals surface area contributed by atoms with Gasteiger partial charge in [0.2, 0.25) is 5.91 Å². The van der Waals surface area contributed by atoms with Gasteiger partial charge in [-0.15, -0.1) is 0 Å². The molecule has 0 unspecified atom stereocenters. The molecular weight excluding hydrogens is 262 g/mol. The quantitative estimate of drug-likeness (QED) is 0.860. The lowest BCUT2D eigenvalue weighted by atomic mass is 10.0. The third kappa shape index (κ3) is 2.64. The summed E-state index contributed by atoms with van der Waals surface area (Å²) in [7, 11) is 1.67. The van der Waals surface area contributed by atoms with Crippen molar-refractivity contribution in [2.75, 3.05) is 7.11 Å². The van der Waals surface area contributed by atoms with Crippen molar-refractivity contribution in [2.24, 2.45) is 0 Å². The molecule has 0 radical (unpaired) electrons. The van der Waals surface area contributed by atoms with Crippen molar-refractivity contribution in [2.45, 2.75) is 26.4 Å². The van der Waals surface area contributed by atoms with Crippen LogP contribution in [0.2, 0.25) is 0 Å². The Balaban J connectivity index is 1.86. The first kappa shape index (κ1) is 13.7. The fraction of sp³-hybridized carbons (Fsp3) is 0.278. The molecule has 0 N–H and O–H groups in total. The van der Waals surface area contributed by atoms with E-state index < -0.39 is 0 Å². The second-order valence-electron chi connectivity index (χ2n) is 5.32. The van der Waals surface area contributed by atoms with E-state index in [1.165, 1.54) is 22.3 Å². The summed E-state index contributed by atoms with van der Waals surface area (Å²) in [4.78, 5) is 13.7. The summed E-state index contributed by atoms with van der Waals surface area (Å²) in [5.41, 5.74) is 4.86. The third-order valence-corrected chi connectivity index (χ3v) is 4.01. The van der Waals surface area contributed by atoms with Gasteiger partial charge in [0.15, 0.2) is 0 Å². The molecule has 1 heterocycles. The average Bonchev–Trinajstić information content (AvgIpc) is 2.97. The zero-order valence-electron chi connectivity index (χ0n) is 12.4. The van der Waals surface area contributed by atoms with E-state index in [4.69, 9.17) is 4.74 Å². The molecule has 1 amide bonds. The van der Waals surface area contributed by atoms with E-state index in [1.807, 2.05) is 24.0 Å². The number of rotatable bonds is 3. The van der Waals surface area contributed by atoms with Crippen LogP contribution >= 0.6 is 0 Å². The lowest BCUT2D eigenvalue weighted by molar-refractivity contribution is -0.131. The highest BCUT2D eigenvalue weighted by atomic mass is 16.5. The molecule has 0 saturated carbocycles. The van der Waals surface area contributed by atoms with Gasteiger partial charge in [-0.05, 0) is 40.5 Å². The minimum Gasteiger partial charge on any atom is -0.497 e. The van der Waals surface area contributed by atoms with Gasteiger partial charge in [0.25, 0.3) is 0 Å². The summed E-state index contributed by atoms with van der Waals surface area (Å²) >= 11 is 0. The topological polar surface area (TPSA) is 29.5 Å². The van der Waals surface area contributed by atoms with Gasteiger partial charge < -0.3 is 9.64 Å². The van der Waals surface area contributed by atoms with Gasteiger partial charge in [-0.3, -0.25) is 4.79 Å². The second-order valence-corrected chi connectivity index (χ2v) is 5.32. The Morgan fingerprint density at radius 1 is 1.05 bits per heavy atom. The number of carbonyl (C=O) groups excluding carboxylic acids is 1. The fourth-order valence-corrected chi connectivity index (χ4v) is 2.76. The predicted molar refractivity (Wildman–Crippen MR) is 83.0 cm³/mol. The van der Waals surface area contributed by atoms with Crippen LogP contribution in [0.25, 0.3) is 11.1 Å². The van der Waals surface area contributed by atoms with E-state index in [9.17, 15) is 4.79 Å². The number of hydrogen-bond donors (Lipinski definition) is 0. The van der Waals surface area contributed by atoms with Crippen molar-refractivity contribution in [3.63, 3.8) is 0 Å². The SMILES string of the molecule is CCC(=O)N1Cc2ccc(-c3ccc(OC)cc3)cc2C1. The van der Waals surface area contributed by atoms with E-state index in [0.29, 0.717) is 6.42 Å². The Kier molecular flexibility index (Phi) is 3.65. The number of fused-ring (bicyclic) bond motifs is 1. The average molecular weight is 281 g/mol. The summed E-state index contributed by atoms with van der Waals surface area (Å²) < 4.78 is 5.19. The summed E-state index contributed by atoms with van der Waals surface area (Å²) in [5, 5.41) is 0. The molecule has 0 aliphatic carbocycles. The first-order valence-corrected chi connectivity index (χ1v) is 7.25. The van der Waals surface area contributed by atoms with E-state index >= 15 is 0 Å². The molecule has 0 aromatic heterocycles. The van der Waals surface area contributed by atoms with Crippen LogP contribution in [-0.2, 0) is 17.9 Å². The highest BCUT2D eigenvalue weighted by Gasteiger charge is 2.22. The molecule has 2 aromatic rings. The normalized spacial score (nSPS) is 13.1. The number of amides is 1. The largest absolute Gasteiger partial charge is 0.497 e. The fourth-order valence-electron chi connectivity index (χ4n) is 2.76. The molecule has 1 aliphatic heterocycles. The third-order valence-electron chi connectivity index (χ3n) is 4.01. The van der Waals surface area contributed by atoms with Gasteiger partial charge in [0.05, 0.1) is 7.11 Å². The molecule has 0 spiro atoms. The molecule has 21 heavy (non-hydrogen) atoms. The van der Waals surface area contributed by atoms with Crippen molar-refractivity contribution in [1.82, 2.24) is 4.90 Å². The van der Waals surface area contributed by atoms with Gasteiger partial charge in [-0.2, -0.15) is 0 Å². The second kappa shape index (κ2) is 5.60. The minimum absolute atomic E-state index is 0.220. The first-order valence-electron chi connectivity index (χ1n) is 7.25. The standard InChI is InChI=1S/C18H19NO2/c1-3-18(20)19-11-15-5-4-14(10-16(15)12-19)13-6-8-17(21-2)9-7-13/h4-10H,3,11-12H2,1-2H3. The van der Waals surface area contributed by atoms with Crippen LogP contribution in [0.5, 0.6) is 5.75 Å². The monoisotopic (exact) mass is 281 g/mol. The van der Waals surface area contributed by atoms with E-state index in [-0.39, 0.29) is 5.91 Å². The Morgan fingerprint density at radius 2 is 1.71 bits per heavy atom. The molecular formula is C18H19NO2. The Bertz CT molecular complexity index is 661. The van der Waals surface area contributed by atoms with Gasteiger partial charge in [-0.25, -0.2) is 0 Å². The maximum atomic E-state index is 11.8. The lowest BCUT2D eigenvalue weighted by Gasteiger charge is -2.13. The van der Waals surface area contributed by atoms with Crippen molar-refractivity contribution >= 4 is 5.91 Å². The Hall–Kier alpha value is -2.29. The Morgan fingerprint density at radius 3 is 2.38 bits per heavy atom. The number of benzene rings is 2. The lowest BCUT2D eigenvalue weighted by Crippen LogP contribution is -2.23. The number of ether oxygens (including phenoxy) is 1. The van der Waals surface area contributed by atoms with E-state index in [0.717, 1.165) is 18.8 Å². The Labute approximate surface area is 125 Å². The first-order chi connectivity index (χ1) is 10.2. The van der Waals surface area contributed by atoms with Crippen molar-refractivity contribution in [3.05, 3.63) is 53.6 Å². The molecule has 0 bridgehead atoms. The molecule has 108 valence electrons. The molecule has 3 heteroatoms. The van der Waals surface area contributed by atoms with Gasteiger partial charge in [0.1, 0.15) is 5.75 Å². The smallest absolute Gasteiger partial charge is 0.222 e. The zero-order chi connectivity index (χ0) is 14.8. The van der Waals surface area contributed by atoms with Crippen LogP contribution in [0, 0.1) is 0 Å².